The Morgan fingerprint density at radius 1 is 1.11 bits per heavy atom. The summed E-state index contributed by atoms with van der Waals surface area (Å²) in [6, 6.07) is 8.50. The van der Waals surface area contributed by atoms with Gasteiger partial charge in [-0.1, -0.05) is 23.7 Å². The molecule has 2 aliphatic heterocycles. The number of aromatic nitrogens is 2. The average Bonchev–Trinajstić information content (AvgIpc) is 3.20. The van der Waals surface area contributed by atoms with Gasteiger partial charge < -0.3 is 25.6 Å². The molecule has 1 atom stereocenters. The van der Waals surface area contributed by atoms with Crippen LogP contribution in [-0.4, -0.2) is 69.6 Å². The van der Waals surface area contributed by atoms with E-state index in [9.17, 15) is 28.4 Å². The minimum atomic E-state index is -0.751. The lowest BCUT2D eigenvalue weighted by Gasteiger charge is -2.38. The summed E-state index contributed by atoms with van der Waals surface area (Å²) in [6.45, 7) is 2.45. The zero-order valence-electron chi connectivity index (χ0n) is 25.6. The molecule has 0 unspecified atom stereocenters. The second kappa shape index (κ2) is 13.8. The number of primary amides is 1. The second-order valence-corrected chi connectivity index (χ2v) is 12.0. The summed E-state index contributed by atoms with van der Waals surface area (Å²) in [5.41, 5.74) is 5.55. The van der Waals surface area contributed by atoms with Gasteiger partial charge in [-0.05, 0) is 62.4 Å². The maximum Gasteiger partial charge on any atom is 0.331 e. The van der Waals surface area contributed by atoms with Gasteiger partial charge in [-0.3, -0.25) is 23.5 Å². The Labute approximate surface area is 269 Å². The van der Waals surface area contributed by atoms with Crippen LogP contribution in [0.25, 0.3) is 11.1 Å². The van der Waals surface area contributed by atoms with E-state index in [1.807, 2.05) is 12.1 Å². The Morgan fingerprint density at radius 3 is 2.54 bits per heavy atom. The lowest BCUT2D eigenvalue weighted by molar-refractivity contribution is -0.133. The Balaban J connectivity index is 1.33. The molecule has 0 saturated carbocycles. The number of rotatable bonds is 9. The fourth-order valence-corrected chi connectivity index (χ4v) is 6.30. The molecule has 14 heteroatoms. The molecule has 244 valence electrons. The van der Waals surface area contributed by atoms with Crippen LogP contribution in [0, 0.1) is 5.82 Å². The predicted octanol–water partition coefficient (Wildman–Crippen LogP) is 3.39. The van der Waals surface area contributed by atoms with Gasteiger partial charge in [0, 0.05) is 55.6 Å². The minimum Gasteiger partial charge on any atom is -0.497 e. The zero-order valence-corrected chi connectivity index (χ0v) is 26.4. The molecule has 4 amide bonds. The van der Waals surface area contributed by atoms with Crippen molar-refractivity contribution in [1.29, 1.82) is 0 Å². The molecule has 0 spiro atoms. The number of amides is 4. The van der Waals surface area contributed by atoms with E-state index in [1.165, 1.54) is 18.3 Å². The molecule has 0 aliphatic carbocycles. The molecule has 12 nitrogen and oxygen atoms in total. The third kappa shape index (κ3) is 6.79. The van der Waals surface area contributed by atoms with Crippen molar-refractivity contribution in [3.05, 3.63) is 79.8 Å². The topological polar surface area (TPSA) is 149 Å². The third-order valence-electron chi connectivity index (χ3n) is 8.68. The zero-order chi connectivity index (χ0) is 33.1. The van der Waals surface area contributed by atoms with Gasteiger partial charge in [0.2, 0.25) is 11.8 Å². The van der Waals surface area contributed by atoms with Crippen molar-refractivity contribution in [3.63, 3.8) is 0 Å². The Morgan fingerprint density at radius 2 is 1.85 bits per heavy atom. The predicted molar refractivity (Wildman–Crippen MR) is 171 cm³/mol. The van der Waals surface area contributed by atoms with Crippen LogP contribution in [0.5, 0.6) is 5.75 Å². The van der Waals surface area contributed by atoms with E-state index in [0.717, 1.165) is 26.5 Å². The highest BCUT2D eigenvalue weighted by Crippen LogP contribution is 2.29. The van der Waals surface area contributed by atoms with Crippen molar-refractivity contribution in [2.24, 2.45) is 5.73 Å². The molecule has 2 aliphatic rings. The molecule has 3 heterocycles. The number of anilines is 1. The number of likely N-dealkylation sites (tertiary alicyclic amines) is 1. The summed E-state index contributed by atoms with van der Waals surface area (Å²) in [5.74, 6) is -0.975. The van der Waals surface area contributed by atoms with Crippen LogP contribution >= 0.6 is 11.6 Å². The number of urea groups is 1. The highest BCUT2D eigenvalue weighted by molar-refractivity contribution is 6.33. The van der Waals surface area contributed by atoms with Gasteiger partial charge in [0.15, 0.2) is 0 Å². The van der Waals surface area contributed by atoms with Gasteiger partial charge in [-0.2, -0.15) is 0 Å². The summed E-state index contributed by atoms with van der Waals surface area (Å²) in [5, 5.41) is 2.68. The number of hydrogen-bond donors (Lipinski definition) is 2. The molecule has 1 aromatic heterocycles. The third-order valence-corrected chi connectivity index (χ3v) is 9.06. The molecule has 5 rings (SSSR count). The molecule has 1 fully saturated rings. The monoisotopic (exact) mass is 654 g/mol. The highest BCUT2D eigenvalue weighted by atomic mass is 35.5. The van der Waals surface area contributed by atoms with Crippen LogP contribution in [0.2, 0.25) is 5.02 Å². The minimum absolute atomic E-state index is 0.0627. The van der Waals surface area contributed by atoms with Crippen molar-refractivity contribution < 1.29 is 23.5 Å². The first-order valence-corrected chi connectivity index (χ1v) is 15.5. The Hall–Kier alpha value is -4.65. The number of fused-ring (bicyclic) bond motifs is 1. The SMILES string of the molecule is COc1ccc2c(c1)CCN(C1CCN(C(=O)Cn3cc(-c4cccc(F)c4Cl)c(=O)n([C@@H](C)CCC(N)=O)c3=O)CC1)C(=O)N2. The number of nitrogens with one attached hydrogen (secondary N) is 1. The fourth-order valence-electron chi connectivity index (χ4n) is 6.08. The van der Waals surface area contributed by atoms with Crippen LogP contribution in [-0.2, 0) is 22.6 Å². The van der Waals surface area contributed by atoms with Gasteiger partial charge in [0.1, 0.15) is 18.1 Å². The summed E-state index contributed by atoms with van der Waals surface area (Å²) in [6.07, 6.45) is 3.00. The summed E-state index contributed by atoms with van der Waals surface area (Å²) >= 11 is 6.21. The molecule has 0 radical (unpaired) electrons. The maximum atomic E-state index is 14.4. The van der Waals surface area contributed by atoms with Crippen molar-refractivity contribution in [3.8, 4) is 16.9 Å². The number of nitrogens with two attached hydrogens (primary N) is 1. The largest absolute Gasteiger partial charge is 0.497 e. The number of carbonyl (C=O) groups is 3. The maximum absolute atomic E-state index is 14.4. The van der Waals surface area contributed by atoms with E-state index in [4.69, 9.17) is 22.1 Å². The number of halogens is 2. The van der Waals surface area contributed by atoms with Crippen molar-refractivity contribution >= 4 is 35.1 Å². The Bertz CT molecular complexity index is 1780. The van der Waals surface area contributed by atoms with E-state index >= 15 is 0 Å². The molecular formula is C32H36ClFN6O6. The number of ether oxygens (including phenoxy) is 1. The Kier molecular flexibility index (Phi) is 9.80. The highest BCUT2D eigenvalue weighted by Gasteiger charge is 2.32. The lowest BCUT2D eigenvalue weighted by Crippen LogP contribution is -2.51. The van der Waals surface area contributed by atoms with Crippen molar-refractivity contribution in [1.82, 2.24) is 18.9 Å². The number of nitrogens with zero attached hydrogens (tertiary/aromatic N) is 4. The van der Waals surface area contributed by atoms with Gasteiger partial charge in [-0.15, -0.1) is 0 Å². The molecule has 3 N–H and O–H groups in total. The molecular weight excluding hydrogens is 619 g/mol. The summed E-state index contributed by atoms with van der Waals surface area (Å²) in [4.78, 5) is 68.5. The number of methoxy groups -OCH3 is 1. The molecule has 46 heavy (non-hydrogen) atoms. The fraction of sp³-hybridized carbons (Fsp3) is 0.406. The van der Waals surface area contributed by atoms with Crippen LogP contribution in [0.3, 0.4) is 0 Å². The van der Waals surface area contributed by atoms with Crippen LogP contribution in [0.1, 0.15) is 44.2 Å². The molecule has 1 saturated heterocycles. The van der Waals surface area contributed by atoms with Crippen molar-refractivity contribution in [2.75, 3.05) is 32.1 Å². The van der Waals surface area contributed by atoms with Crippen LogP contribution < -0.4 is 27.0 Å². The van der Waals surface area contributed by atoms with E-state index in [1.54, 1.807) is 29.9 Å². The van der Waals surface area contributed by atoms with Gasteiger partial charge in [0.05, 0.1) is 17.7 Å². The number of carbonyl (C=O) groups excluding carboxylic acids is 3. The van der Waals surface area contributed by atoms with E-state index in [2.05, 4.69) is 5.32 Å². The molecule has 3 aromatic rings. The van der Waals surface area contributed by atoms with Gasteiger partial charge >= 0.3 is 11.7 Å². The quantitative estimate of drug-likeness (QED) is 0.361. The smallest absolute Gasteiger partial charge is 0.331 e. The first-order valence-electron chi connectivity index (χ1n) is 15.1. The summed E-state index contributed by atoms with van der Waals surface area (Å²) < 4.78 is 21.7. The van der Waals surface area contributed by atoms with E-state index in [-0.39, 0.29) is 53.5 Å². The molecule has 2 aromatic carbocycles. The lowest BCUT2D eigenvalue weighted by atomic mass is 10.0. The van der Waals surface area contributed by atoms with Gasteiger partial charge in [-0.25, -0.2) is 14.0 Å². The number of hydrogen-bond acceptors (Lipinski definition) is 6. The normalized spacial score (nSPS) is 16.0. The number of piperidine rings is 1. The van der Waals surface area contributed by atoms with Crippen LogP contribution in [0.4, 0.5) is 14.9 Å². The first-order chi connectivity index (χ1) is 22.0. The average molecular weight is 655 g/mol. The van der Waals surface area contributed by atoms with Gasteiger partial charge in [0.25, 0.3) is 5.56 Å². The summed E-state index contributed by atoms with van der Waals surface area (Å²) in [7, 11) is 1.59. The standard InChI is InChI=1S/C32H36ClFN6O6/c1-19(6-9-27(35)41)40-30(43)24(23-4-3-5-25(34)29(23)33)17-38(32(40)45)18-28(42)37-13-11-21(12-14-37)39-15-10-20-16-22(46-2)7-8-26(20)36-31(39)44/h3-5,7-8,16-17,19,21H,6,9-15,18H2,1-2H3,(H2,35,41)(H,36,44)/t19-/m0/s1. The number of benzene rings is 2. The van der Waals surface area contributed by atoms with E-state index < -0.39 is 29.0 Å². The second-order valence-electron chi connectivity index (χ2n) is 11.6. The first kappa shape index (κ1) is 32.7. The van der Waals surface area contributed by atoms with Crippen LogP contribution in [0.15, 0.2) is 52.2 Å². The molecule has 0 bridgehead atoms. The van der Waals surface area contributed by atoms with Crippen molar-refractivity contribution in [2.45, 2.75) is 57.7 Å². The van der Waals surface area contributed by atoms with E-state index in [0.29, 0.717) is 44.6 Å².